The van der Waals surface area contributed by atoms with E-state index in [1.807, 2.05) is 11.3 Å². The first kappa shape index (κ1) is 35.7. The number of aromatic nitrogens is 2. The molecule has 10 aromatic carbocycles. The van der Waals surface area contributed by atoms with Gasteiger partial charge in [0.25, 0.3) is 0 Å². The van der Waals surface area contributed by atoms with E-state index in [1.165, 1.54) is 114 Å². The molecule has 0 aliphatic rings. The van der Waals surface area contributed by atoms with Crippen LogP contribution in [0.2, 0.25) is 0 Å². The Morgan fingerprint density at radius 1 is 0.270 bits per heavy atom. The molecule has 0 amide bonds. The van der Waals surface area contributed by atoms with Gasteiger partial charge in [-0.25, -0.2) is 0 Å². The summed E-state index contributed by atoms with van der Waals surface area (Å²) in [5, 5.41) is 7.56. The van der Waals surface area contributed by atoms with Crippen LogP contribution < -0.4 is 0 Å². The Hall–Kier alpha value is -7.98. The van der Waals surface area contributed by atoms with Crippen LogP contribution in [0.1, 0.15) is 0 Å². The van der Waals surface area contributed by atoms with E-state index in [9.17, 15) is 0 Å². The van der Waals surface area contributed by atoms with Gasteiger partial charge in [0.05, 0.1) is 27.8 Å². The fourth-order valence-electron chi connectivity index (χ4n) is 10.2. The minimum Gasteiger partial charge on any atom is -0.309 e. The van der Waals surface area contributed by atoms with Crippen LogP contribution in [0.3, 0.4) is 0 Å². The van der Waals surface area contributed by atoms with E-state index in [0.717, 1.165) is 5.69 Å². The van der Waals surface area contributed by atoms with Crippen LogP contribution >= 0.6 is 11.3 Å². The largest absolute Gasteiger partial charge is 0.309 e. The highest BCUT2D eigenvalue weighted by molar-refractivity contribution is 7.26. The van der Waals surface area contributed by atoms with Crippen molar-refractivity contribution in [3.05, 3.63) is 231 Å². The summed E-state index contributed by atoms with van der Waals surface area (Å²) in [5.74, 6) is 0. The summed E-state index contributed by atoms with van der Waals surface area (Å²) < 4.78 is 7.56. The van der Waals surface area contributed by atoms with Gasteiger partial charge in [0.1, 0.15) is 0 Å². The van der Waals surface area contributed by atoms with Gasteiger partial charge in [-0.2, -0.15) is 0 Å². The molecule has 3 heteroatoms. The van der Waals surface area contributed by atoms with Crippen LogP contribution in [0.25, 0.3) is 120 Å². The topological polar surface area (TPSA) is 9.86 Å². The summed E-state index contributed by atoms with van der Waals surface area (Å²) in [6.07, 6.45) is 0. The van der Waals surface area contributed by atoms with E-state index >= 15 is 0 Å². The zero-order valence-electron chi connectivity index (χ0n) is 34.2. The van der Waals surface area contributed by atoms with Crippen molar-refractivity contribution in [2.45, 2.75) is 0 Å². The zero-order valence-corrected chi connectivity index (χ0v) is 35.1. The Morgan fingerprint density at radius 2 is 0.762 bits per heavy atom. The standard InChI is InChI=1S/C60H38N2S/c1-3-16-39(17-4-1)41-20-11-22-43(36-41)46-26-13-30-53-58(46)48-24-7-10-29-52(48)62(53)55-32-15-31-54-60(55)49-25-8-9-28-51(49)61(54)45-34-35-56-50(38-45)59-47(27-14-33-57(59)63-56)44-23-12-21-42(37-44)40-18-5-2-6-19-40/h1-38H. The molecule has 0 radical (unpaired) electrons. The molecule has 2 nitrogen and oxygen atoms in total. The lowest BCUT2D eigenvalue weighted by Gasteiger charge is -2.12. The maximum atomic E-state index is 2.50. The molecule has 13 rings (SSSR count). The maximum absolute atomic E-state index is 2.50. The average Bonchev–Trinajstić information content (AvgIpc) is 4.02. The molecule has 13 aromatic rings. The summed E-state index contributed by atoms with van der Waals surface area (Å²) in [5.41, 5.74) is 16.9. The molecular weight excluding hydrogens is 781 g/mol. The first-order valence-corrected chi connectivity index (χ1v) is 22.4. The van der Waals surface area contributed by atoms with Gasteiger partial charge in [0.2, 0.25) is 0 Å². The highest BCUT2D eigenvalue weighted by atomic mass is 32.1. The Bertz CT molecular complexity index is 3900. The molecule has 0 N–H and O–H groups in total. The molecule has 0 aliphatic heterocycles. The van der Waals surface area contributed by atoms with E-state index < -0.39 is 0 Å². The quantitative estimate of drug-likeness (QED) is 0.158. The third kappa shape index (κ3) is 5.64. The average molecular weight is 819 g/mol. The minimum atomic E-state index is 1.15. The molecule has 0 saturated heterocycles. The maximum Gasteiger partial charge on any atom is 0.0562 e. The highest BCUT2D eigenvalue weighted by Crippen LogP contribution is 2.45. The van der Waals surface area contributed by atoms with Gasteiger partial charge in [-0.05, 0) is 111 Å². The van der Waals surface area contributed by atoms with Crippen molar-refractivity contribution >= 4 is 75.1 Å². The molecule has 0 atom stereocenters. The number of rotatable bonds is 6. The van der Waals surface area contributed by atoms with Gasteiger partial charge in [0.15, 0.2) is 0 Å². The third-order valence-electron chi connectivity index (χ3n) is 12.9. The Balaban J connectivity index is 1.02. The predicted octanol–water partition coefficient (Wildman–Crippen LogP) is 16.9. The van der Waals surface area contributed by atoms with Crippen LogP contribution in [0.5, 0.6) is 0 Å². The summed E-state index contributed by atoms with van der Waals surface area (Å²) in [6.45, 7) is 0. The summed E-state index contributed by atoms with van der Waals surface area (Å²) in [7, 11) is 0. The molecule has 3 heterocycles. The van der Waals surface area contributed by atoms with Crippen molar-refractivity contribution in [3.8, 4) is 55.9 Å². The number of thiophene rings is 1. The Labute approximate surface area is 368 Å². The van der Waals surface area contributed by atoms with Crippen molar-refractivity contribution < 1.29 is 0 Å². The van der Waals surface area contributed by atoms with Gasteiger partial charge < -0.3 is 9.13 Å². The van der Waals surface area contributed by atoms with Gasteiger partial charge >= 0.3 is 0 Å². The van der Waals surface area contributed by atoms with E-state index in [2.05, 4.69) is 240 Å². The number of para-hydroxylation sites is 2. The number of hydrogen-bond donors (Lipinski definition) is 0. The summed E-state index contributed by atoms with van der Waals surface area (Å²) in [4.78, 5) is 0. The van der Waals surface area contributed by atoms with E-state index in [1.54, 1.807) is 0 Å². The Kier molecular flexibility index (Phi) is 8.12. The number of benzene rings is 10. The normalized spacial score (nSPS) is 11.8. The van der Waals surface area contributed by atoms with Gasteiger partial charge in [-0.1, -0.05) is 164 Å². The molecule has 0 aliphatic carbocycles. The van der Waals surface area contributed by atoms with Crippen molar-refractivity contribution in [2.24, 2.45) is 0 Å². The number of fused-ring (bicyclic) bond motifs is 9. The molecule has 294 valence electrons. The van der Waals surface area contributed by atoms with Gasteiger partial charge in [-0.3, -0.25) is 0 Å². The lowest BCUT2D eigenvalue weighted by Crippen LogP contribution is -1.96. The smallest absolute Gasteiger partial charge is 0.0562 e. The predicted molar refractivity (Wildman–Crippen MR) is 270 cm³/mol. The lowest BCUT2D eigenvalue weighted by atomic mass is 9.96. The lowest BCUT2D eigenvalue weighted by molar-refractivity contribution is 1.17. The molecule has 0 spiro atoms. The SMILES string of the molecule is c1ccc(-c2cccc(-c3cccc4sc5ccc(-n6c7ccccc7c7c(-n8c9ccccc9c9c(-c%10cccc(-c%11ccccc%11)c%10)cccc98)cccc76)cc5c34)c2)cc1. The van der Waals surface area contributed by atoms with Crippen molar-refractivity contribution in [2.75, 3.05) is 0 Å². The molecule has 0 fully saturated rings. The van der Waals surface area contributed by atoms with Crippen LogP contribution in [-0.4, -0.2) is 9.13 Å². The highest BCUT2D eigenvalue weighted by Gasteiger charge is 2.22. The molecule has 0 unspecified atom stereocenters. The number of hydrogen-bond acceptors (Lipinski definition) is 1. The second kappa shape index (κ2) is 14.3. The van der Waals surface area contributed by atoms with Crippen molar-refractivity contribution in [1.82, 2.24) is 9.13 Å². The van der Waals surface area contributed by atoms with Crippen molar-refractivity contribution in [3.63, 3.8) is 0 Å². The van der Waals surface area contributed by atoms with Crippen LogP contribution in [0.4, 0.5) is 0 Å². The molecule has 63 heavy (non-hydrogen) atoms. The van der Waals surface area contributed by atoms with E-state index in [4.69, 9.17) is 0 Å². The molecule has 3 aromatic heterocycles. The first-order chi connectivity index (χ1) is 31.3. The monoisotopic (exact) mass is 818 g/mol. The minimum absolute atomic E-state index is 1.15. The van der Waals surface area contributed by atoms with Gasteiger partial charge in [0, 0.05) is 47.4 Å². The first-order valence-electron chi connectivity index (χ1n) is 21.6. The van der Waals surface area contributed by atoms with Crippen LogP contribution in [0.15, 0.2) is 231 Å². The van der Waals surface area contributed by atoms with Crippen LogP contribution in [-0.2, 0) is 0 Å². The summed E-state index contributed by atoms with van der Waals surface area (Å²) >= 11 is 1.87. The number of nitrogens with zero attached hydrogens (tertiary/aromatic N) is 2. The van der Waals surface area contributed by atoms with Gasteiger partial charge in [-0.15, -0.1) is 11.3 Å². The molecular formula is C60H38N2S. The zero-order chi connectivity index (χ0) is 41.4. The fourth-order valence-corrected chi connectivity index (χ4v) is 11.3. The molecule has 0 bridgehead atoms. The Morgan fingerprint density at radius 3 is 1.44 bits per heavy atom. The third-order valence-corrected chi connectivity index (χ3v) is 14.0. The fraction of sp³-hybridized carbons (Fsp3) is 0. The van der Waals surface area contributed by atoms with E-state index in [-0.39, 0.29) is 0 Å². The van der Waals surface area contributed by atoms with Crippen molar-refractivity contribution in [1.29, 1.82) is 0 Å². The second-order valence-electron chi connectivity index (χ2n) is 16.4. The summed E-state index contributed by atoms with van der Waals surface area (Å²) in [6, 6.07) is 84.6. The second-order valence-corrected chi connectivity index (χ2v) is 17.5. The van der Waals surface area contributed by atoms with E-state index in [0.29, 0.717) is 0 Å². The molecule has 0 saturated carbocycles. The van der Waals surface area contributed by atoms with Crippen LogP contribution in [0, 0.1) is 0 Å².